The molecule has 0 aromatic carbocycles. The van der Waals surface area contributed by atoms with E-state index in [4.69, 9.17) is 0 Å². The normalized spacial score (nSPS) is 23.9. The van der Waals surface area contributed by atoms with Crippen LogP contribution in [0.2, 0.25) is 0 Å². The fraction of sp³-hybridized carbons (Fsp3) is 0.600. The van der Waals surface area contributed by atoms with Crippen LogP contribution in [0.1, 0.15) is 11.3 Å². The van der Waals surface area contributed by atoms with Gasteiger partial charge in [0.2, 0.25) is 0 Å². The highest BCUT2D eigenvalue weighted by Gasteiger charge is 2.19. The van der Waals surface area contributed by atoms with E-state index in [1.807, 2.05) is 11.3 Å². The van der Waals surface area contributed by atoms with Gasteiger partial charge in [-0.1, -0.05) is 6.07 Å². The Morgan fingerprint density at radius 3 is 3.15 bits per heavy atom. The first-order chi connectivity index (χ1) is 6.34. The van der Waals surface area contributed by atoms with Crippen molar-refractivity contribution in [3.63, 3.8) is 0 Å². The van der Waals surface area contributed by atoms with Crippen LogP contribution in [0.15, 0.2) is 17.5 Å². The summed E-state index contributed by atoms with van der Waals surface area (Å²) in [6, 6.07) is 4.27. The van der Waals surface area contributed by atoms with Gasteiger partial charge in [0.05, 0.1) is 6.10 Å². The number of β-amino-alcohol motifs (C(OH)–C–C–N with tert-alkyl or cyclic N) is 1. The molecule has 0 amide bonds. The van der Waals surface area contributed by atoms with Crippen LogP contribution in [0.5, 0.6) is 0 Å². The van der Waals surface area contributed by atoms with Crippen LogP contribution >= 0.6 is 11.3 Å². The van der Waals surface area contributed by atoms with Crippen LogP contribution < -0.4 is 0 Å². The first-order valence-electron chi connectivity index (χ1n) is 4.77. The van der Waals surface area contributed by atoms with E-state index in [2.05, 4.69) is 22.4 Å². The van der Waals surface area contributed by atoms with Crippen molar-refractivity contribution in [2.24, 2.45) is 0 Å². The van der Waals surface area contributed by atoms with Crippen LogP contribution in [0, 0.1) is 0 Å². The average Bonchev–Trinajstić information content (AvgIpc) is 2.71. The minimum atomic E-state index is -0.0802. The quantitative estimate of drug-likeness (QED) is 0.791. The van der Waals surface area contributed by atoms with E-state index in [0.717, 1.165) is 32.5 Å². The van der Waals surface area contributed by atoms with Gasteiger partial charge in [0.25, 0.3) is 0 Å². The molecule has 72 valence electrons. The van der Waals surface area contributed by atoms with Gasteiger partial charge in [-0.3, -0.25) is 0 Å². The lowest BCUT2D eigenvalue weighted by Crippen LogP contribution is -2.24. The molecule has 1 atom stereocenters. The van der Waals surface area contributed by atoms with E-state index < -0.39 is 0 Å². The SMILES string of the molecule is OC1CCN(CCc2cccs2)C1. The predicted molar refractivity (Wildman–Crippen MR) is 55.1 cm³/mol. The molecule has 0 radical (unpaired) electrons. The average molecular weight is 197 g/mol. The minimum absolute atomic E-state index is 0.0802. The van der Waals surface area contributed by atoms with E-state index >= 15 is 0 Å². The van der Waals surface area contributed by atoms with Gasteiger partial charge >= 0.3 is 0 Å². The number of thiophene rings is 1. The van der Waals surface area contributed by atoms with Gasteiger partial charge in [-0.15, -0.1) is 11.3 Å². The standard InChI is InChI=1S/C10H15NOS/c12-9-3-5-11(8-9)6-4-10-2-1-7-13-10/h1-2,7,9,12H,3-6,8H2. The van der Waals surface area contributed by atoms with Crippen molar-refractivity contribution in [3.05, 3.63) is 22.4 Å². The summed E-state index contributed by atoms with van der Waals surface area (Å²) in [7, 11) is 0. The van der Waals surface area contributed by atoms with Crippen LogP contribution in [0.25, 0.3) is 0 Å². The van der Waals surface area contributed by atoms with Gasteiger partial charge in [0.15, 0.2) is 0 Å². The number of hydrogen-bond acceptors (Lipinski definition) is 3. The van der Waals surface area contributed by atoms with E-state index in [-0.39, 0.29) is 6.10 Å². The molecule has 0 aliphatic carbocycles. The molecule has 13 heavy (non-hydrogen) atoms. The van der Waals surface area contributed by atoms with Gasteiger partial charge in [0, 0.05) is 24.5 Å². The molecule has 1 fully saturated rings. The molecule has 1 N–H and O–H groups in total. The first kappa shape index (κ1) is 9.19. The zero-order valence-electron chi connectivity index (χ0n) is 7.65. The van der Waals surface area contributed by atoms with Crippen molar-refractivity contribution in [1.82, 2.24) is 4.90 Å². The van der Waals surface area contributed by atoms with E-state index in [1.165, 1.54) is 4.88 Å². The Kier molecular flexibility index (Phi) is 2.98. The van der Waals surface area contributed by atoms with E-state index in [9.17, 15) is 5.11 Å². The number of rotatable bonds is 3. The van der Waals surface area contributed by atoms with Crippen molar-refractivity contribution >= 4 is 11.3 Å². The third-order valence-electron chi connectivity index (χ3n) is 2.50. The monoisotopic (exact) mass is 197 g/mol. The lowest BCUT2D eigenvalue weighted by Gasteiger charge is -2.13. The first-order valence-corrected chi connectivity index (χ1v) is 5.65. The van der Waals surface area contributed by atoms with Gasteiger partial charge < -0.3 is 10.0 Å². The third-order valence-corrected chi connectivity index (χ3v) is 3.44. The second-order valence-corrected chi connectivity index (χ2v) is 4.60. The van der Waals surface area contributed by atoms with Crippen molar-refractivity contribution in [2.45, 2.75) is 18.9 Å². The number of aliphatic hydroxyl groups excluding tert-OH is 1. The van der Waals surface area contributed by atoms with Gasteiger partial charge in [0.1, 0.15) is 0 Å². The smallest absolute Gasteiger partial charge is 0.0679 e. The summed E-state index contributed by atoms with van der Waals surface area (Å²) in [5, 5.41) is 11.4. The molecule has 1 aromatic heterocycles. The van der Waals surface area contributed by atoms with Crippen LogP contribution in [0.3, 0.4) is 0 Å². The lowest BCUT2D eigenvalue weighted by molar-refractivity contribution is 0.177. The Morgan fingerprint density at radius 1 is 1.62 bits per heavy atom. The maximum absolute atomic E-state index is 9.32. The zero-order chi connectivity index (χ0) is 9.10. The lowest BCUT2D eigenvalue weighted by atomic mass is 10.3. The second-order valence-electron chi connectivity index (χ2n) is 3.57. The van der Waals surface area contributed by atoms with Crippen molar-refractivity contribution in [3.8, 4) is 0 Å². The Labute approximate surface area is 82.8 Å². The summed E-state index contributed by atoms with van der Waals surface area (Å²) in [6.45, 7) is 3.02. The van der Waals surface area contributed by atoms with Crippen LogP contribution in [0.4, 0.5) is 0 Å². The fourth-order valence-corrected chi connectivity index (χ4v) is 2.44. The van der Waals surface area contributed by atoms with Crippen LogP contribution in [-0.4, -0.2) is 35.7 Å². The van der Waals surface area contributed by atoms with E-state index in [0.29, 0.717) is 0 Å². The molecular weight excluding hydrogens is 182 g/mol. The number of likely N-dealkylation sites (tertiary alicyclic amines) is 1. The van der Waals surface area contributed by atoms with Crippen molar-refractivity contribution < 1.29 is 5.11 Å². The largest absolute Gasteiger partial charge is 0.392 e. The summed E-state index contributed by atoms with van der Waals surface area (Å²) in [6.07, 6.45) is 2.00. The van der Waals surface area contributed by atoms with Crippen LogP contribution in [-0.2, 0) is 6.42 Å². The fourth-order valence-electron chi connectivity index (χ4n) is 1.74. The molecule has 1 aromatic rings. The highest BCUT2D eigenvalue weighted by atomic mass is 32.1. The predicted octanol–water partition coefficient (Wildman–Crippen LogP) is 1.36. The Bertz CT molecular complexity index is 247. The molecule has 1 saturated heterocycles. The summed E-state index contributed by atoms with van der Waals surface area (Å²) in [5.41, 5.74) is 0. The molecule has 1 aliphatic rings. The Balaban J connectivity index is 1.74. The summed E-state index contributed by atoms with van der Waals surface area (Å²) >= 11 is 1.82. The molecule has 2 rings (SSSR count). The molecule has 1 unspecified atom stereocenters. The van der Waals surface area contributed by atoms with Gasteiger partial charge in [-0.25, -0.2) is 0 Å². The molecule has 0 bridgehead atoms. The topological polar surface area (TPSA) is 23.5 Å². The maximum atomic E-state index is 9.32. The molecular formula is C10H15NOS. The molecule has 3 heteroatoms. The zero-order valence-corrected chi connectivity index (χ0v) is 8.46. The highest BCUT2D eigenvalue weighted by Crippen LogP contribution is 2.13. The number of hydrogen-bond donors (Lipinski definition) is 1. The molecule has 1 aliphatic heterocycles. The summed E-state index contributed by atoms with van der Waals surface area (Å²) in [5.74, 6) is 0. The van der Waals surface area contributed by atoms with Gasteiger partial charge in [-0.05, 0) is 24.3 Å². The molecule has 2 nitrogen and oxygen atoms in total. The minimum Gasteiger partial charge on any atom is -0.392 e. The van der Waals surface area contributed by atoms with Crippen molar-refractivity contribution in [1.29, 1.82) is 0 Å². The van der Waals surface area contributed by atoms with Gasteiger partial charge in [-0.2, -0.15) is 0 Å². The third kappa shape index (κ3) is 2.53. The summed E-state index contributed by atoms with van der Waals surface area (Å²) in [4.78, 5) is 3.78. The summed E-state index contributed by atoms with van der Waals surface area (Å²) < 4.78 is 0. The van der Waals surface area contributed by atoms with E-state index in [1.54, 1.807) is 0 Å². The van der Waals surface area contributed by atoms with Crippen molar-refractivity contribution in [2.75, 3.05) is 19.6 Å². The number of nitrogens with zero attached hydrogens (tertiary/aromatic N) is 1. The highest BCUT2D eigenvalue weighted by molar-refractivity contribution is 7.09. The second kappa shape index (κ2) is 4.22. The maximum Gasteiger partial charge on any atom is 0.0679 e. The number of aliphatic hydroxyl groups is 1. The molecule has 0 saturated carbocycles. The molecule has 2 heterocycles. The Morgan fingerprint density at radius 2 is 2.54 bits per heavy atom. The molecule has 0 spiro atoms. The Hall–Kier alpha value is -0.380.